The van der Waals surface area contributed by atoms with Gasteiger partial charge in [0.15, 0.2) is 5.96 Å². The minimum atomic E-state index is 0. The van der Waals surface area contributed by atoms with Crippen molar-refractivity contribution >= 4 is 29.9 Å². The van der Waals surface area contributed by atoms with Crippen LogP contribution in [0.5, 0.6) is 0 Å². The summed E-state index contributed by atoms with van der Waals surface area (Å²) in [6.07, 6.45) is 12.1. The minimum absolute atomic E-state index is 0. The minimum Gasteiger partial charge on any atom is -0.356 e. The summed E-state index contributed by atoms with van der Waals surface area (Å²) >= 11 is 0. The van der Waals surface area contributed by atoms with Crippen molar-refractivity contribution < 1.29 is 0 Å². The zero-order valence-electron chi connectivity index (χ0n) is 17.9. The third-order valence-electron chi connectivity index (χ3n) is 7.55. The number of halogens is 1. The Bertz CT molecular complexity index is 458. The van der Waals surface area contributed by atoms with Crippen LogP contribution in [0.1, 0.15) is 64.7 Å². The molecule has 27 heavy (non-hydrogen) atoms. The molecule has 0 aromatic carbocycles. The van der Waals surface area contributed by atoms with Gasteiger partial charge in [0.25, 0.3) is 0 Å². The summed E-state index contributed by atoms with van der Waals surface area (Å²) in [5, 5.41) is 7.36. The Labute approximate surface area is 184 Å². The van der Waals surface area contributed by atoms with Gasteiger partial charge in [0, 0.05) is 25.7 Å². The topological polar surface area (TPSA) is 42.9 Å². The smallest absolute Gasteiger partial charge is 0.191 e. The molecule has 0 spiro atoms. The van der Waals surface area contributed by atoms with Crippen molar-refractivity contribution in [3.05, 3.63) is 0 Å². The summed E-state index contributed by atoms with van der Waals surface area (Å²) in [5.41, 5.74) is 0.833. The molecule has 6 heteroatoms. The number of nitrogens with zero attached hydrogens (tertiary/aromatic N) is 3. The first-order valence-electron chi connectivity index (χ1n) is 11.0. The van der Waals surface area contributed by atoms with Gasteiger partial charge in [0.05, 0.1) is 0 Å². The van der Waals surface area contributed by atoms with E-state index in [0.717, 1.165) is 19.0 Å². The van der Waals surface area contributed by atoms with Crippen LogP contribution in [0.25, 0.3) is 0 Å². The van der Waals surface area contributed by atoms with Gasteiger partial charge in [-0.25, -0.2) is 0 Å². The molecule has 1 saturated carbocycles. The van der Waals surface area contributed by atoms with Crippen molar-refractivity contribution in [1.82, 2.24) is 20.4 Å². The maximum Gasteiger partial charge on any atom is 0.191 e. The van der Waals surface area contributed by atoms with Crippen molar-refractivity contribution in [3.63, 3.8) is 0 Å². The normalized spacial score (nSPS) is 26.0. The molecule has 3 rings (SSSR count). The van der Waals surface area contributed by atoms with Crippen LogP contribution in [-0.2, 0) is 0 Å². The predicted octanol–water partition coefficient (Wildman–Crippen LogP) is 3.30. The number of hydrogen-bond donors (Lipinski definition) is 2. The Hall–Kier alpha value is -0.0800. The SMILES string of the molecule is CCC1(CNC(=NC)NCC2(N3CCCCC3)CCN(C)CC2)CCC1.I. The molecule has 5 nitrogen and oxygen atoms in total. The van der Waals surface area contributed by atoms with Crippen molar-refractivity contribution in [1.29, 1.82) is 0 Å². The highest BCUT2D eigenvalue weighted by molar-refractivity contribution is 14.0. The average molecular weight is 492 g/mol. The lowest BCUT2D eigenvalue weighted by molar-refractivity contribution is 0.0172. The molecule has 2 aliphatic heterocycles. The van der Waals surface area contributed by atoms with Crippen LogP contribution >= 0.6 is 24.0 Å². The van der Waals surface area contributed by atoms with Crippen LogP contribution < -0.4 is 10.6 Å². The van der Waals surface area contributed by atoms with Crippen molar-refractivity contribution in [2.75, 3.05) is 53.4 Å². The lowest BCUT2D eigenvalue weighted by atomic mass is 9.67. The summed E-state index contributed by atoms with van der Waals surface area (Å²) in [4.78, 5) is 9.80. The van der Waals surface area contributed by atoms with E-state index in [2.05, 4.69) is 39.4 Å². The number of likely N-dealkylation sites (tertiary alicyclic amines) is 2. The third kappa shape index (κ3) is 5.72. The standard InChI is InChI=1S/C21H41N5.HI/c1-4-20(9-8-10-20)17-23-19(22-2)24-18-21(11-15-25(3)16-12-21)26-13-6-5-7-14-26;/h4-18H2,1-3H3,(H2,22,23,24);1H. The van der Waals surface area contributed by atoms with E-state index in [9.17, 15) is 0 Å². The number of rotatable bonds is 6. The second kappa shape index (κ2) is 10.6. The third-order valence-corrected chi connectivity index (χ3v) is 7.55. The Morgan fingerprint density at radius 2 is 1.52 bits per heavy atom. The Morgan fingerprint density at radius 3 is 2.04 bits per heavy atom. The molecule has 0 amide bonds. The van der Waals surface area contributed by atoms with E-state index in [4.69, 9.17) is 0 Å². The molecule has 0 bridgehead atoms. The lowest BCUT2D eigenvalue weighted by Crippen LogP contribution is -2.62. The molecular weight excluding hydrogens is 449 g/mol. The maximum atomic E-state index is 4.52. The van der Waals surface area contributed by atoms with Gasteiger partial charge in [-0.3, -0.25) is 9.89 Å². The van der Waals surface area contributed by atoms with Crippen molar-refractivity contribution in [2.45, 2.75) is 70.3 Å². The van der Waals surface area contributed by atoms with Gasteiger partial charge in [-0.2, -0.15) is 0 Å². The molecule has 2 N–H and O–H groups in total. The molecule has 0 aromatic heterocycles. The van der Waals surface area contributed by atoms with Gasteiger partial charge < -0.3 is 15.5 Å². The molecule has 0 unspecified atom stereocenters. The lowest BCUT2D eigenvalue weighted by Gasteiger charge is -2.50. The zero-order valence-corrected chi connectivity index (χ0v) is 20.2. The highest BCUT2D eigenvalue weighted by Crippen LogP contribution is 2.43. The van der Waals surface area contributed by atoms with E-state index >= 15 is 0 Å². The predicted molar refractivity (Wildman–Crippen MR) is 126 cm³/mol. The first-order valence-corrected chi connectivity index (χ1v) is 11.0. The number of aliphatic imine (C=N–C) groups is 1. The summed E-state index contributed by atoms with van der Waals surface area (Å²) in [7, 11) is 4.17. The largest absolute Gasteiger partial charge is 0.356 e. The Morgan fingerprint density at radius 1 is 0.889 bits per heavy atom. The summed E-state index contributed by atoms with van der Waals surface area (Å²) < 4.78 is 0. The van der Waals surface area contributed by atoms with Gasteiger partial charge in [0.1, 0.15) is 0 Å². The number of nitrogens with one attached hydrogen (secondary N) is 2. The monoisotopic (exact) mass is 491 g/mol. The van der Waals surface area contributed by atoms with Crippen LogP contribution in [-0.4, -0.2) is 74.7 Å². The average Bonchev–Trinajstić information content (AvgIpc) is 2.66. The summed E-state index contributed by atoms with van der Waals surface area (Å²) in [5.74, 6) is 1.00. The van der Waals surface area contributed by atoms with E-state index in [1.807, 2.05) is 7.05 Å². The van der Waals surface area contributed by atoms with Crippen LogP contribution in [0.4, 0.5) is 0 Å². The molecule has 3 fully saturated rings. The van der Waals surface area contributed by atoms with Crippen LogP contribution in [0, 0.1) is 5.41 Å². The zero-order chi connectivity index (χ0) is 18.5. The molecule has 3 aliphatic rings. The fourth-order valence-electron chi connectivity index (χ4n) is 5.08. The van der Waals surface area contributed by atoms with Gasteiger partial charge in [-0.05, 0) is 83.6 Å². The van der Waals surface area contributed by atoms with Crippen LogP contribution in [0.3, 0.4) is 0 Å². The second-order valence-corrected chi connectivity index (χ2v) is 9.06. The van der Waals surface area contributed by atoms with E-state index in [0.29, 0.717) is 11.0 Å². The molecule has 158 valence electrons. The molecule has 0 aromatic rings. The van der Waals surface area contributed by atoms with Gasteiger partial charge in [-0.15, -0.1) is 24.0 Å². The highest BCUT2D eigenvalue weighted by atomic mass is 127. The number of guanidine groups is 1. The van der Waals surface area contributed by atoms with Gasteiger partial charge in [0.2, 0.25) is 0 Å². The van der Waals surface area contributed by atoms with Crippen LogP contribution in [0.2, 0.25) is 0 Å². The van der Waals surface area contributed by atoms with Gasteiger partial charge in [-0.1, -0.05) is 19.8 Å². The summed E-state index contributed by atoms with van der Waals surface area (Å²) in [6.45, 7) is 9.40. The van der Waals surface area contributed by atoms with Crippen LogP contribution in [0.15, 0.2) is 4.99 Å². The molecular formula is C21H42IN5. The number of hydrogen-bond acceptors (Lipinski definition) is 3. The fourth-order valence-corrected chi connectivity index (χ4v) is 5.08. The van der Waals surface area contributed by atoms with E-state index in [1.165, 1.54) is 84.0 Å². The number of piperidine rings is 2. The van der Waals surface area contributed by atoms with E-state index in [-0.39, 0.29) is 24.0 Å². The highest BCUT2D eigenvalue weighted by Gasteiger charge is 2.40. The summed E-state index contributed by atoms with van der Waals surface area (Å²) in [6, 6.07) is 0. The van der Waals surface area contributed by atoms with E-state index < -0.39 is 0 Å². The fraction of sp³-hybridized carbons (Fsp3) is 0.952. The molecule has 1 aliphatic carbocycles. The first-order chi connectivity index (χ1) is 12.6. The molecule has 2 saturated heterocycles. The van der Waals surface area contributed by atoms with Crippen molar-refractivity contribution in [3.8, 4) is 0 Å². The van der Waals surface area contributed by atoms with E-state index in [1.54, 1.807) is 0 Å². The molecule has 2 heterocycles. The Kier molecular flexibility index (Phi) is 9.13. The molecule has 0 radical (unpaired) electrons. The second-order valence-electron chi connectivity index (χ2n) is 9.06. The first kappa shape index (κ1) is 23.2. The van der Waals surface area contributed by atoms with Crippen molar-refractivity contribution in [2.24, 2.45) is 10.4 Å². The maximum absolute atomic E-state index is 4.52. The molecule has 0 atom stereocenters. The van der Waals surface area contributed by atoms with Gasteiger partial charge >= 0.3 is 0 Å². The Balaban J connectivity index is 0.00000261. The quantitative estimate of drug-likeness (QED) is 0.340.